The van der Waals surface area contributed by atoms with Gasteiger partial charge in [0.25, 0.3) is 0 Å². The van der Waals surface area contributed by atoms with Crippen LogP contribution in [0.3, 0.4) is 0 Å². The topological polar surface area (TPSA) is 24.5 Å². The molecule has 1 saturated carbocycles. The second kappa shape index (κ2) is 7.01. The number of piperidine rings is 1. The van der Waals surface area contributed by atoms with Gasteiger partial charge in [-0.05, 0) is 37.8 Å². The smallest absolute Gasteiger partial charge is 0.0612 e. The van der Waals surface area contributed by atoms with Gasteiger partial charge in [0.05, 0.1) is 12.2 Å². The van der Waals surface area contributed by atoms with E-state index in [1.54, 1.807) is 0 Å². The molecule has 1 aromatic carbocycles. The summed E-state index contributed by atoms with van der Waals surface area (Å²) in [6.07, 6.45) is 5.97. The zero-order chi connectivity index (χ0) is 15.4. The third-order valence-corrected chi connectivity index (χ3v) is 5.27. The summed E-state index contributed by atoms with van der Waals surface area (Å²) >= 11 is 0. The van der Waals surface area contributed by atoms with Gasteiger partial charge in [-0.2, -0.15) is 0 Å². The number of nitrogens with one attached hydrogen (secondary N) is 1. The van der Waals surface area contributed by atoms with E-state index in [0.717, 1.165) is 13.1 Å². The number of para-hydroxylation sites is 1. The van der Waals surface area contributed by atoms with Crippen LogP contribution >= 0.6 is 0 Å². The van der Waals surface area contributed by atoms with E-state index < -0.39 is 0 Å². The van der Waals surface area contributed by atoms with Crippen molar-refractivity contribution in [2.45, 2.75) is 51.7 Å². The summed E-state index contributed by atoms with van der Waals surface area (Å²) in [5, 5.41) is 3.39. The van der Waals surface area contributed by atoms with Gasteiger partial charge in [0, 0.05) is 37.3 Å². The highest BCUT2D eigenvalue weighted by molar-refractivity contribution is 5.46. The van der Waals surface area contributed by atoms with Crippen molar-refractivity contribution in [2.75, 3.05) is 31.1 Å². The van der Waals surface area contributed by atoms with E-state index in [1.165, 1.54) is 44.5 Å². The van der Waals surface area contributed by atoms with Crippen molar-refractivity contribution in [3.8, 4) is 0 Å². The third kappa shape index (κ3) is 3.31. The normalized spacial score (nSPS) is 24.2. The van der Waals surface area contributed by atoms with Gasteiger partial charge in [0.1, 0.15) is 0 Å². The number of benzene rings is 1. The number of ether oxygens (including phenoxy) is 1. The highest BCUT2D eigenvalue weighted by Gasteiger charge is 2.49. The van der Waals surface area contributed by atoms with Gasteiger partial charge >= 0.3 is 0 Å². The van der Waals surface area contributed by atoms with Gasteiger partial charge in [0.15, 0.2) is 0 Å². The maximum absolute atomic E-state index is 6.29. The predicted octanol–water partition coefficient (Wildman–Crippen LogP) is 3.45. The molecule has 0 aromatic heterocycles. The summed E-state index contributed by atoms with van der Waals surface area (Å²) in [6, 6.07) is 10.7. The molecule has 3 heteroatoms. The molecule has 1 aliphatic carbocycles. The molecule has 122 valence electrons. The molecule has 0 unspecified atom stereocenters. The highest BCUT2D eigenvalue weighted by Crippen LogP contribution is 2.46. The monoisotopic (exact) mass is 302 g/mol. The van der Waals surface area contributed by atoms with Crippen LogP contribution in [0.4, 0.5) is 5.69 Å². The van der Waals surface area contributed by atoms with Crippen molar-refractivity contribution in [1.29, 1.82) is 0 Å². The van der Waals surface area contributed by atoms with Crippen LogP contribution in [0.15, 0.2) is 30.3 Å². The van der Waals surface area contributed by atoms with E-state index in [-0.39, 0.29) is 0 Å². The maximum Gasteiger partial charge on any atom is 0.0612 e. The molecule has 2 aliphatic heterocycles. The van der Waals surface area contributed by atoms with Gasteiger partial charge in [0.2, 0.25) is 0 Å². The van der Waals surface area contributed by atoms with Crippen molar-refractivity contribution in [1.82, 2.24) is 5.32 Å². The van der Waals surface area contributed by atoms with Crippen molar-refractivity contribution < 1.29 is 4.74 Å². The first-order valence-electron chi connectivity index (χ1n) is 8.99. The van der Waals surface area contributed by atoms with Gasteiger partial charge in [-0.3, -0.25) is 0 Å². The van der Waals surface area contributed by atoms with E-state index >= 15 is 0 Å². The van der Waals surface area contributed by atoms with E-state index in [2.05, 4.69) is 40.5 Å². The lowest BCUT2D eigenvalue weighted by Gasteiger charge is -2.54. The zero-order valence-corrected chi connectivity index (χ0v) is 14.1. The summed E-state index contributed by atoms with van der Waals surface area (Å²) in [5.74, 6) is 0. The highest BCUT2D eigenvalue weighted by atomic mass is 16.5. The van der Waals surface area contributed by atoms with Crippen molar-refractivity contribution in [3.63, 3.8) is 0 Å². The lowest BCUT2D eigenvalue weighted by molar-refractivity contribution is -0.135. The molecule has 0 amide bonds. The quantitative estimate of drug-likeness (QED) is 0.925. The molecule has 3 nitrogen and oxygen atoms in total. The van der Waals surface area contributed by atoms with Crippen LogP contribution in [0.2, 0.25) is 0 Å². The minimum absolute atomic E-state index is 0.491. The second-order valence-corrected chi connectivity index (χ2v) is 6.79. The lowest BCUT2D eigenvalue weighted by Crippen LogP contribution is -2.62. The number of nitrogens with zero attached hydrogens (tertiary/aromatic N) is 1. The largest absolute Gasteiger partial charge is 0.375 e. The van der Waals surface area contributed by atoms with Gasteiger partial charge < -0.3 is 15.0 Å². The molecule has 1 N–H and O–H groups in total. The Labute approximate surface area is 135 Å². The average Bonchev–Trinajstić information content (AvgIpc) is 2.52. The fraction of sp³-hybridized carbons (Fsp3) is 0.684. The molecule has 4 rings (SSSR count). The lowest BCUT2D eigenvalue weighted by atomic mass is 9.63. The molecule has 0 bridgehead atoms. The Morgan fingerprint density at radius 1 is 1.00 bits per heavy atom. The minimum atomic E-state index is 0.491. The zero-order valence-electron chi connectivity index (χ0n) is 14.1. The molecule has 1 spiro atoms. The summed E-state index contributed by atoms with van der Waals surface area (Å²) in [4.78, 5) is 2.48. The first kappa shape index (κ1) is 15.8. The molecule has 0 radical (unpaired) electrons. The fourth-order valence-corrected chi connectivity index (χ4v) is 3.93. The van der Waals surface area contributed by atoms with E-state index in [9.17, 15) is 0 Å². The van der Waals surface area contributed by atoms with Crippen LogP contribution in [0.1, 0.15) is 39.5 Å². The SMILES string of the molecule is CC.c1ccc(N2CCC(OC3CC4(CNC4)C3)CC2)cc1. The van der Waals surface area contributed by atoms with Crippen LogP contribution in [-0.4, -0.2) is 38.4 Å². The molecular weight excluding hydrogens is 272 g/mol. The maximum atomic E-state index is 6.29. The molecule has 3 fully saturated rings. The predicted molar refractivity (Wildman–Crippen MR) is 92.4 cm³/mol. The first-order valence-corrected chi connectivity index (χ1v) is 8.99. The number of hydrogen-bond donors (Lipinski definition) is 1. The number of hydrogen-bond acceptors (Lipinski definition) is 3. The number of rotatable bonds is 3. The summed E-state index contributed by atoms with van der Waals surface area (Å²) < 4.78 is 6.29. The van der Waals surface area contributed by atoms with Crippen LogP contribution < -0.4 is 10.2 Å². The second-order valence-electron chi connectivity index (χ2n) is 6.79. The van der Waals surface area contributed by atoms with E-state index in [0.29, 0.717) is 17.6 Å². The fourth-order valence-electron chi connectivity index (χ4n) is 3.93. The molecule has 0 atom stereocenters. The Bertz CT molecular complexity index is 442. The standard InChI is InChI=1S/C17H24N2O.C2H6/c1-2-4-14(5-3-1)19-8-6-15(7-9-19)20-16-10-17(11-16)12-18-13-17;1-2/h1-5,15-16,18H,6-13H2;1-2H3. The van der Waals surface area contributed by atoms with Crippen molar-refractivity contribution >= 4 is 5.69 Å². The van der Waals surface area contributed by atoms with Crippen LogP contribution in [-0.2, 0) is 4.74 Å². The number of anilines is 1. The van der Waals surface area contributed by atoms with Gasteiger partial charge in [-0.15, -0.1) is 0 Å². The summed E-state index contributed by atoms with van der Waals surface area (Å²) in [5.41, 5.74) is 1.99. The Balaban J connectivity index is 0.000000693. The van der Waals surface area contributed by atoms with Crippen molar-refractivity contribution in [3.05, 3.63) is 30.3 Å². The Morgan fingerprint density at radius 2 is 1.64 bits per heavy atom. The van der Waals surface area contributed by atoms with Gasteiger partial charge in [-0.25, -0.2) is 0 Å². The average molecular weight is 302 g/mol. The third-order valence-electron chi connectivity index (χ3n) is 5.27. The summed E-state index contributed by atoms with van der Waals surface area (Å²) in [6.45, 7) is 8.71. The Morgan fingerprint density at radius 3 is 2.18 bits per heavy atom. The molecule has 22 heavy (non-hydrogen) atoms. The molecule has 2 heterocycles. The van der Waals surface area contributed by atoms with Crippen LogP contribution in [0, 0.1) is 5.41 Å². The van der Waals surface area contributed by atoms with Gasteiger partial charge in [-0.1, -0.05) is 32.0 Å². The molecule has 2 saturated heterocycles. The van der Waals surface area contributed by atoms with Crippen LogP contribution in [0.5, 0.6) is 0 Å². The Hall–Kier alpha value is -1.06. The van der Waals surface area contributed by atoms with E-state index in [4.69, 9.17) is 4.74 Å². The molecular formula is C19H30N2O. The molecule has 3 aliphatic rings. The summed E-state index contributed by atoms with van der Waals surface area (Å²) in [7, 11) is 0. The Kier molecular flexibility index (Phi) is 5.04. The van der Waals surface area contributed by atoms with E-state index in [1.807, 2.05) is 13.8 Å². The molecule has 1 aromatic rings. The van der Waals surface area contributed by atoms with Crippen LogP contribution in [0.25, 0.3) is 0 Å². The first-order chi connectivity index (χ1) is 10.8. The van der Waals surface area contributed by atoms with Crippen molar-refractivity contribution in [2.24, 2.45) is 5.41 Å². The minimum Gasteiger partial charge on any atom is -0.375 e.